The van der Waals surface area contributed by atoms with E-state index in [1.165, 1.54) is 12.4 Å². The summed E-state index contributed by atoms with van der Waals surface area (Å²) in [5.74, 6) is -0.829. The molecule has 5 rings (SSSR count). The van der Waals surface area contributed by atoms with Crippen molar-refractivity contribution in [1.82, 2.24) is 14.9 Å². The maximum Gasteiger partial charge on any atom is 0.294 e. The highest BCUT2D eigenvalue weighted by Gasteiger charge is 2.34. The van der Waals surface area contributed by atoms with Gasteiger partial charge in [0.15, 0.2) is 0 Å². The molecule has 4 heterocycles. The van der Waals surface area contributed by atoms with Gasteiger partial charge in [-0.2, -0.15) is 0 Å². The molecule has 1 aliphatic carbocycles. The van der Waals surface area contributed by atoms with Crippen molar-refractivity contribution in [1.29, 1.82) is 0 Å². The molecule has 0 aromatic carbocycles. The molecule has 12 nitrogen and oxygen atoms in total. The van der Waals surface area contributed by atoms with Crippen LogP contribution in [0.1, 0.15) is 36.2 Å². The molecule has 0 atom stereocenters. The Kier molecular flexibility index (Phi) is 8.78. The number of ether oxygens (including phenoxy) is 3. The van der Waals surface area contributed by atoms with Gasteiger partial charge in [-0.3, -0.25) is 14.4 Å². The highest BCUT2D eigenvalue weighted by Crippen LogP contribution is 2.38. The molecule has 0 spiro atoms. The fraction of sp³-hybridized carbons (Fsp3) is 0.444. The van der Waals surface area contributed by atoms with Crippen LogP contribution in [0.5, 0.6) is 5.88 Å². The highest BCUT2D eigenvalue weighted by atomic mass is 35.5. The van der Waals surface area contributed by atoms with Gasteiger partial charge in [0.05, 0.1) is 18.2 Å². The first kappa shape index (κ1) is 27.8. The number of amides is 3. The van der Waals surface area contributed by atoms with E-state index in [0.29, 0.717) is 61.4 Å². The van der Waals surface area contributed by atoms with Gasteiger partial charge < -0.3 is 34.2 Å². The first-order valence-corrected chi connectivity index (χ1v) is 13.5. The number of methoxy groups -OCH3 is 1. The van der Waals surface area contributed by atoms with Gasteiger partial charge in [0.25, 0.3) is 5.91 Å². The maximum absolute atomic E-state index is 13.5. The first-order valence-electron chi connectivity index (χ1n) is 13.1. The van der Waals surface area contributed by atoms with Gasteiger partial charge in [-0.15, -0.1) is 0 Å². The average Bonchev–Trinajstić information content (AvgIpc) is 3.34. The van der Waals surface area contributed by atoms with Crippen molar-refractivity contribution in [2.75, 3.05) is 50.7 Å². The van der Waals surface area contributed by atoms with E-state index in [1.54, 1.807) is 25.3 Å². The molecule has 40 heavy (non-hydrogen) atoms. The minimum absolute atomic E-state index is 0.0108. The van der Waals surface area contributed by atoms with E-state index < -0.39 is 5.91 Å². The second-order valence-corrected chi connectivity index (χ2v) is 10.0. The standard InChI is InChI=1S/C27H30ClN5O7/c1-37-12-13-39-27-22-19(8-9-29-27)40-24(26(36)31-20-7-4-17(28)14-30-20)23(22)32-25(35)16-2-5-18(6-3-16)33-10-11-38-15-21(33)34/h4,7-9,14,16,18H,2-3,5-6,10-13,15H2,1H3,(H,32,35)(H,30,31,36). The van der Waals surface area contributed by atoms with Crippen LogP contribution >= 0.6 is 11.6 Å². The summed E-state index contributed by atoms with van der Waals surface area (Å²) < 4.78 is 22.0. The van der Waals surface area contributed by atoms with E-state index >= 15 is 0 Å². The molecule has 1 saturated carbocycles. The average molecular weight is 572 g/mol. The predicted octanol–water partition coefficient (Wildman–Crippen LogP) is 3.51. The van der Waals surface area contributed by atoms with Crippen molar-refractivity contribution in [2.24, 2.45) is 5.92 Å². The molecule has 1 aliphatic heterocycles. The monoisotopic (exact) mass is 571 g/mol. The first-order chi connectivity index (χ1) is 19.4. The van der Waals surface area contributed by atoms with Crippen LogP contribution in [0.3, 0.4) is 0 Å². The van der Waals surface area contributed by atoms with Crippen LogP contribution in [0.15, 0.2) is 35.0 Å². The van der Waals surface area contributed by atoms with Crippen LogP contribution in [0, 0.1) is 5.92 Å². The second-order valence-electron chi connectivity index (χ2n) is 9.59. The molecular weight excluding hydrogens is 542 g/mol. The minimum Gasteiger partial charge on any atom is -0.475 e. The zero-order valence-corrected chi connectivity index (χ0v) is 22.7. The quantitative estimate of drug-likeness (QED) is 0.368. The summed E-state index contributed by atoms with van der Waals surface area (Å²) in [7, 11) is 1.55. The summed E-state index contributed by atoms with van der Waals surface area (Å²) in [6.45, 7) is 1.73. The van der Waals surface area contributed by atoms with Crippen LogP contribution in [0.25, 0.3) is 11.0 Å². The Bertz CT molecular complexity index is 1370. The number of hydrogen-bond donors (Lipinski definition) is 2. The molecule has 13 heteroatoms. The summed E-state index contributed by atoms with van der Waals surface area (Å²) >= 11 is 5.91. The van der Waals surface area contributed by atoms with Crippen molar-refractivity contribution < 1.29 is 33.0 Å². The lowest BCUT2D eigenvalue weighted by Gasteiger charge is -2.38. The summed E-state index contributed by atoms with van der Waals surface area (Å²) in [5.41, 5.74) is 0.485. The molecule has 2 aliphatic rings. The third-order valence-electron chi connectivity index (χ3n) is 7.05. The van der Waals surface area contributed by atoms with Crippen LogP contribution in [-0.2, 0) is 19.1 Å². The Morgan fingerprint density at radius 1 is 1.12 bits per heavy atom. The van der Waals surface area contributed by atoms with E-state index in [-0.39, 0.29) is 60.1 Å². The van der Waals surface area contributed by atoms with Crippen LogP contribution in [-0.4, -0.2) is 78.7 Å². The third-order valence-corrected chi connectivity index (χ3v) is 7.27. The number of carbonyl (C=O) groups excluding carboxylic acids is 3. The molecule has 0 bridgehead atoms. The Morgan fingerprint density at radius 3 is 2.67 bits per heavy atom. The molecular formula is C27H30ClN5O7. The van der Waals surface area contributed by atoms with Crippen LogP contribution < -0.4 is 15.4 Å². The molecule has 212 valence electrons. The van der Waals surface area contributed by atoms with Crippen LogP contribution in [0.4, 0.5) is 11.5 Å². The van der Waals surface area contributed by atoms with Gasteiger partial charge >= 0.3 is 0 Å². The number of anilines is 2. The van der Waals surface area contributed by atoms with Gasteiger partial charge in [0, 0.05) is 44.1 Å². The van der Waals surface area contributed by atoms with Crippen molar-refractivity contribution in [2.45, 2.75) is 31.7 Å². The molecule has 3 aromatic heterocycles. The summed E-state index contributed by atoms with van der Waals surface area (Å²) in [4.78, 5) is 49.3. The number of fused-ring (bicyclic) bond motifs is 1. The largest absolute Gasteiger partial charge is 0.475 e. The zero-order chi connectivity index (χ0) is 28.1. The van der Waals surface area contributed by atoms with Gasteiger partial charge in [0.2, 0.25) is 23.5 Å². The molecule has 2 fully saturated rings. The molecule has 3 amide bonds. The number of rotatable bonds is 9. The number of halogens is 1. The van der Waals surface area contributed by atoms with Crippen LogP contribution in [0.2, 0.25) is 5.02 Å². The molecule has 0 radical (unpaired) electrons. The van der Waals surface area contributed by atoms with Crippen molar-refractivity contribution in [3.63, 3.8) is 0 Å². The molecule has 3 aromatic rings. The van der Waals surface area contributed by atoms with E-state index in [4.69, 9.17) is 30.2 Å². The lowest BCUT2D eigenvalue weighted by Crippen LogP contribution is -2.49. The van der Waals surface area contributed by atoms with Crippen molar-refractivity contribution in [3.8, 4) is 5.88 Å². The number of furan rings is 1. The maximum atomic E-state index is 13.5. The lowest BCUT2D eigenvalue weighted by molar-refractivity contribution is -0.146. The number of nitrogens with zero attached hydrogens (tertiary/aromatic N) is 3. The second kappa shape index (κ2) is 12.6. The zero-order valence-electron chi connectivity index (χ0n) is 22.0. The SMILES string of the molecule is COCCOc1nccc2oc(C(=O)Nc3ccc(Cl)cn3)c(NC(=O)C3CCC(N4CCOCC4=O)CC3)c12. The van der Waals surface area contributed by atoms with Crippen molar-refractivity contribution >= 4 is 51.8 Å². The number of carbonyl (C=O) groups is 3. The normalized spacial score (nSPS) is 19.4. The summed E-state index contributed by atoms with van der Waals surface area (Å²) in [6.07, 6.45) is 5.52. The highest BCUT2D eigenvalue weighted by molar-refractivity contribution is 6.30. The number of hydrogen-bond acceptors (Lipinski definition) is 9. The Hall–Kier alpha value is -3.74. The fourth-order valence-electron chi connectivity index (χ4n) is 5.04. The minimum atomic E-state index is -0.612. The van der Waals surface area contributed by atoms with Gasteiger partial charge in [-0.25, -0.2) is 9.97 Å². The van der Waals surface area contributed by atoms with Gasteiger partial charge in [-0.1, -0.05) is 11.6 Å². The Labute approximate surface area is 235 Å². The Balaban J connectivity index is 1.38. The van der Waals surface area contributed by atoms with E-state index in [0.717, 1.165) is 0 Å². The van der Waals surface area contributed by atoms with Gasteiger partial charge in [-0.05, 0) is 37.8 Å². The van der Waals surface area contributed by atoms with Crippen molar-refractivity contribution in [3.05, 3.63) is 41.4 Å². The number of nitrogens with one attached hydrogen (secondary N) is 2. The lowest BCUT2D eigenvalue weighted by atomic mass is 9.84. The fourth-order valence-corrected chi connectivity index (χ4v) is 5.15. The van der Waals surface area contributed by atoms with E-state index in [9.17, 15) is 14.4 Å². The Morgan fingerprint density at radius 2 is 1.95 bits per heavy atom. The predicted molar refractivity (Wildman–Crippen MR) is 145 cm³/mol. The molecule has 0 unspecified atom stereocenters. The molecule has 2 N–H and O–H groups in total. The number of aromatic nitrogens is 2. The third kappa shape index (κ3) is 6.19. The number of morpholine rings is 1. The topological polar surface area (TPSA) is 145 Å². The smallest absolute Gasteiger partial charge is 0.294 e. The molecule has 1 saturated heterocycles. The van der Waals surface area contributed by atoms with E-state index in [1.807, 2.05) is 4.90 Å². The van der Waals surface area contributed by atoms with E-state index in [2.05, 4.69) is 20.6 Å². The number of pyridine rings is 2. The van der Waals surface area contributed by atoms with Gasteiger partial charge in [0.1, 0.15) is 35.7 Å². The summed E-state index contributed by atoms with van der Waals surface area (Å²) in [6, 6.07) is 4.83. The summed E-state index contributed by atoms with van der Waals surface area (Å²) in [5, 5.41) is 6.39.